The largest absolute Gasteiger partial charge is 0.469 e. The third-order valence-electron chi connectivity index (χ3n) is 6.39. The highest BCUT2D eigenvalue weighted by molar-refractivity contribution is 6.06. The predicted octanol–water partition coefficient (Wildman–Crippen LogP) is 1.18. The quantitative estimate of drug-likeness (QED) is 0.565. The molecule has 0 aromatic heterocycles. The molecule has 2 bridgehead atoms. The Hall–Kier alpha value is -2.90. The summed E-state index contributed by atoms with van der Waals surface area (Å²) in [7, 11) is 3.75. The molecule has 8 nitrogen and oxygen atoms in total. The lowest BCUT2D eigenvalue weighted by atomic mass is 9.63. The minimum absolute atomic E-state index is 0.264. The zero-order valence-electron chi connectivity index (χ0n) is 15.8. The van der Waals surface area contributed by atoms with Crippen LogP contribution in [0.15, 0.2) is 35.5 Å². The average molecular weight is 387 g/mol. The van der Waals surface area contributed by atoms with Crippen LogP contribution in [0.5, 0.6) is 0 Å². The highest BCUT2D eigenvalue weighted by atomic mass is 16.6. The summed E-state index contributed by atoms with van der Waals surface area (Å²) >= 11 is 0. The Morgan fingerprint density at radius 1 is 1.04 bits per heavy atom. The number of ether oxygens (including phenoxy) is 3. The maximum Gasteiger partial charge on any atom is 0.316 e. The van der Waals surface area contributed by atoms with E-state index in [1.54, 1.807) is 0 Å². The Morgan fingerprint density at radius 3 is 2.32 bits per heavy atom. The molecule has 1 heterocycles. The molecule has 1 aliphatic heterocycles. The number of fused-ring (bicyclic) bond motifs is 5. The summed E-state index contributed by atoms with van der Waals surface area (Å²) < 4.78 is 15.0. The van der Waals surface area contributed by atoms with Gasteiger partial charge in [-0.1, -0.05) is 35.5 Å². The van der Waals surface area contributed by atoms with Gasteiger partial charge in [-0.15, -0.1) is 0 Å². The molecule has 0 unspecified atom stereocenters. The lowest BCUT2D eigenvalue weighted by Crippen LogP contribution is -2.55. The monoisotopic (exact) mass is 387 g/mol. The van der Waals surface area contributed by atoms with Crippen molar-refractivity contribution in [2.45, 2.75) is 12.5 Å². The Kier molecular flexibility index (Phi) is 4.36. The molecule has 4 rings (SSSR count). The molecule has 28 heavy (non-hydrogen) atoms. The van der Waals surface area contributed by atoms with E-state index in [2.05, 4.69) is 5.16 Å². The average Bonchev–Trinajstić information content (AvgIpc) is 3.41. The summed E-state index contributed by atoms with van der Waals surface area (Å²) in [4.78, 5) is 44.0. The molecule has 2 saturated carbocycles. The number of carbonyl (C=O) groups is 3. The van der Waals surface area contributed by atoms with Crippen LogP contribution in [0.1, 0.15) is 12.0 Å². The summed E-state index contributed by atoms with van der Waals surface area (Å²) in [6.45, 7) is 0. The molecule has 8 heteroatoms. The van der Waals surface area contributed by atoms with Crippen molar-refractivity contribution in [1.82, 2.24) is 0 Å². The smallest absolute Gasteiger partial charge is 0.316 e. The fraction of sp³-hybridized carbons (Fsp3) is 0.500. The molecular weight excluding hydrogens is 366 g/mol. The normalized spacial score (nSPS) is 34.8. The fourth-order valence-electron chi connectivity index (χ4n) is 5.38. The van der Waals surface area contributed by atoms with E-state index < -0.39 is 41.3 Å². The number of benzene rings is 1. The van der Waals surface area contributed by atoms with Gasteiger partial charge in [-0.3, -0.25) is 14.4 Å². The van der Waals surface area contributed by atoms with Crippen LogP contribution in [0, 0.1) is 29.1 Å². The summed E-state index contributed by atoms with van der Waals surface area (Å²) in [5.41, 5.74) is 0.162. The van der Waals surface area contributed by atoms with Gasteiger partial charge < -0.3 is 19.0 Å². The Balaban J connectivity index is 1.84. The van der Waals surface area contributed by atoms with E-state index in [-0.39, 0.29) is 18.3 Å². The second-order valence-corrected chi connectivity index (χ2v) is 7.34. The zero-order valence-corrected chi connectivity index (χ0v) is 15.8. The van der Waals surface area contributed by atoms with Crippen molar-refractivity contribution in [3.63, 3.8) is 0 Å². The maximum atomic E-state index is 13.0. The van der Waals surface area contributed by atoms with Crippen LogP contribution in [0.4, 0.5) is 0 Å². The van der Waals surface area contributed by atoms with E-state index in [4.69, 9.17) is 19.0 Å². The van der Waals surface area contributed by atoms with Crippen molar-refractivity contribution < 1.29 is 33.4 Å². The number of nitrogens with zero attached hydrogens (tertiary/aromatic N) is 1. The summed E-state index contributed by atoms with van der Waals surface area (Å²) in [5.74, 6) is -4.38. The third kappa shape index (κ3) is 2.23. The molecule has 1 aromatic carbocycles. The Morgan fingerprint density at radius 2 is 1.71 bits per heavy atom. The number of oxime groups is 1. The van der Waals surface area contributed by atoms with Crippen molar-refractivity contribution in [3.8, 4) is 0 Å². The summed E-state index contributed by atoms with van der Waals surface area (Å²) in [6, 6.07) is 9.43. The van der Waals surface area contributed by atoms with Gasteiger partial charge in [0.2, 0.25) is 0 Å². The topological polar surface area (TPSA) is 100 Å². The lowest BCUT2D eigenvalue weighted by Gasteiger charge is -2.39. The van der Waals surface area contributed by atoms with Gasteiger partial charge in [-0.2, -0.15) is 0 Å². The number of hydrogen-bond acceptors (Lipinski definition) is 8. The van der Waals surface area contributed by atoms with Crippen LogP contribution >= 0.6 is 0 Å². The first-order valence-electron chi connectivity index (χ1n) is 9.04. The van der Waals surface area contributed by atoms with E-state index in [0.717, 1.165) is 5.56 Å². The van der Waals surface area contributed by atoms with Gasteiger partial charge >= 0.3 is 17.9 Å². The Bertz CT molecular complexity index is 851. The van der Waals surface area contributed by atoms with Gasteiger partial charge in [0.15, 0.2) is 6.10 Å². The minimum atomic E-state index is -1.35. The van der Waals surface area contributed by atoms with E-state index in [1.807, 2.05) is 30.3 Å². The predicted molar refractivity (Wildman–Crippen MR) is 94.9 cm³/mol. The molecular formula is C20H21NO7. The fourth-order valence-corrected chi connectivity index (χ4v) is 5.38. The second-order valence-electron chi connectivity index (χ2n) is 7.34. The SMILES string of the molecule is COC(=O)[C@H]1[C@@H]2C[C@@](C(=O)OC)([C@H]3ON=C(c4ccccc4)[C@@H]23)[C@H]1C(=O)OC. The lowest BCUT2D eigenvalue weighted by molar-refractivity contribution is -0.184. The first kappa shape index (κ1) is 18.5. The van der Waals surface area contributed by atoms with Crippen LogP contribution < -0.4 is 0 Å². The van der Waals surface area contributed by atoms with Crippen LogP contribution in [0.3, 0.4) is 0 Å². The van der Waals surface area contributed by atoms with E-state index in [0.29, 0.717) is 5.71 Å². The highest BCUT2D eigenvalue weighted by Crippen LogP contribution is 2.66. The molecule has 0 amide bonds. The van der Waals surface area contributed by atoms with Gasteiger partial charge in [0.1, 0.15) is 5.41 Å². The summed E-state index contributed by atoms with van der Waals surface area (Å²) in [5, 5.41) is 4.24. The van der Waals surface area contributed by atoms with Crippen molar-refractivity contribution in [2.75, 3.05) is 21.3 Å². The molecule has 2 aliphatic carbocycles. The summed E-state index contributed by atoms with van der Waals surface area (Å²) in [6.07, 6.45) is -0.439. The molecule has 3 aliphatic rings. The number of methoxy groups -OCH3 is 3. The van der Waals surface area contributed by atoms with E-state index in [1.165, 1.54) is 21.3 Å². The van der Waals surface area contributed by atoms with Crippen molar-refractivity contribution in [1.29, 1.82) is 0 Å². The van der Waals surface area contributed by atoms with Crippen LogP contribution in [0.25, 0.3) is 0 Å². The van der Waals surface area contributed by atoms with Crippen molar-refractivity contribution >= 4 is 23.6 Å². The first-order valence-corrected chi connectivity index (χ1v) is 9.04. The molecule has 0 N–H and O–H groups in total. The Labute approximate surface area is 161 Å². The van der Waals surface area contributed by atoms with Gasteiger partial charge in [0.05, 0.1) is 38.9 Å². The highest BCUT2D eigenvalue weighted by Gasteiger charge is 2.78. The third-order valence-corrected chi connectivity index (χ3v) is 6.39. The first-order chi connectivity index (χ1) is 13.5. The van der Waals surface area contributed by atoms with Crippen molar-refractivity contribution in [2.24, 2.45) is 34.2 Å². The van der Waals surface area contributed by atoms with Gasteiger partial charge in [-0.25, -0.2) is 0 Å². The van der Waals surface area contributed by atoms with Crippen LogP contribution in [-0.2, 0) is 33.4 Å². The zero-order chi connectivity index (χ0) is 20.1. The number of esters is 3. The maximum absolute atomic E-state index is 13.0. The standard InChI is InChI=1S/C20H21NO7/c1-25-17(22)12-11-9-20(19(24)27-3,14(12)18(23)26-2)16-13(11)15(21-28-16)10-7-5-4-6-8-10/h4-8,11-14,16H,9H2,1-3H3/t11-,12-,13+,14+,16-,20-/m0/s1. The minimum Gasteiger partial charge on any atom is -0.469 e. The van der Waals surface area contributed by atoms with E-state index in [9.17, 15) is 14.4 Å². The number of carbonyl (C=O) groups excluding carboxylic acids is 3. The molecule has 2 fully saturated rings. The van der Waals surface area contributed by atoms with Crippen LogP contribution in [-0.4, -0.2) is 51.1 Å². The molecule has 148 valence electrons. The van der Waals surface area contributed by atoms with Gasteiger partial charge in [0, 0.05) is 5.92 Å². The molecule has 0 radical (unpaired) electrons. The number of hydrogen-bond donors (Lipinski definition) is 0. The molecule has 6 atom stereocenters. The second kappa shape index (κ2) is 6.61. The van der Waals surface area contributed by atoms with Gasteiger partial charge in [-0.05, 0) is 17.9 Å². The molecule has 1 aromatic rings. The molecule has 0 spiro atoms. The van der Waals surface area contributed by atoms with Crippen LogP contribution in [0.2, 0.25) is 0 Å². The number of rotatable bonds is 4. The molecule has 0 saturated heterocycles. The van der Waals surface area contributed by atoms with Gasteiger partial charge in [0.25, 0.3) is 0 Å². The van der Waals surface area contributed by atoms with E-state index >= 15 is 0 Å². The van der Waals surface area contributed by atoms with Crippen molar-refractivity contribution in [3.05, 3.63) is 35.9 Å².